The molecule has 1 amide bonds. The highest BCUT2D eigenvalue weighted by atomic mass is 16.5. The Kier molecular flexibility index (Phi) is 3.12. The lowest BCUT2D eigenvalue weighted by atomic mass is 9.93. The summed E-state index contributed by atoms with van der Waals surface area (Å²) in [5.41, 5.74) is 11.4. The maximum absolute atomic E-state index is 11.6. The highest BCUT2D eigenvalue weighted by Gasteiger charge is 2.22. The van der Waals surface area contributed by atoms with Crippen LogP contribution in [0.5, 0.6) is 0 Å². The van der Waals surface area contributed by atoms with E-state index in [9.17, 15) is 4.79 Å². The Hall–Kier alpha value is -2.73. The predicted molar refractivity (Wildman–Crippen MR) is 85.6 cm³/mol. The minimum atomic E-state index is -0.521. The second-order valence-electron chi connectivity index (χ2n) is 5.57. The van der Waals surface area contributed by atoms with Crippen molar-refractivity contribution in [1.29, 1.82) is 0 Å². The summed E-state index contributed by atoms with van der Waals surface area (Å²) in [6.07, 6.45) is 3.55. The van der Waals surface area contributed by atoms with Crippen molar-refractivity contribution < 1.29 is 9.53 Å². The molecule has 1 radical (unpaired) electrons. The van der Waals surface area contributed by atoms with Crippen LogP contribution >= 0.6 is 0 Å². The van der Waals surface area contributed by atoms with Crippen molar-refractivity contribution in [2.45, 2.75) is 13.5 Å². The fourth-order valence-corrected chi connectivity index (χ4v) is 3.00. The number of hydrogen-bond donors (Lipinski definition) is 2. The summed E-state index contributed by atoms with van der Waals surface area (Å²) in [6, 6.07) is 6.08. The molecule has 3 aromatic rings. The zero-order chi connectivity index (χ0) is 16.0. The van der Waals surface area contributed by atoms with Crippen LogP contribution in [0.2, 0.25) is 0 Å². The molecule has 0 saturated carbocycles. The number of H-pyrrole nitrogens is 1. The van der Waals surface area contributed by atoms with Crippen molar-refractivity contribution in [1.82, 2.24) is 15.2 Å². The van der Waals surface area contributed by atoms with Crippen molar-refractivity contribution in [3.63, 3.8) is 0 Å². The minimum Gasteiger partial charge on any atom is -0.376 e. The van der Waals surface area contributed by atoms with Gasteiger partial charge in [-0.05, 0) is 35.7 Å². The summed E-state index contributed by atoms with van der Waals surface area (Å²) in [7, 11) is 0. The van der Waals surface area contributed by atoms with Crippen LogP contribution < -0.4 is 5.73 Å². The molecule has 3 N–H and O–H groups in total. The van der Waals surface area contributed by atoms with Crippen LogP contribution in [0.1, 0.15) is 27.3 Å². The number of rotatable bonds is 2. The van der Waals surface area contributed by atoms with E-state index in [0.29, 0.717) is 18.9 Å². The first-order valence-electron chi connectivity index (χ1n) is 7.33. The van der Waals surface area contributed by atoms with Gasteiger partial charge >= 0.3 is 0 Å². The highest BCUT2D eigenvalue weighted by Crippen LogP contribution is 2.33. The zero-order valence-corrected chi connectivity index (χ0v) is 12.6. The molecule has 0 bridgehead atoms. The monoisotopic (exact) mass is 307 g/mol. The number of carbonyl (C=O) groups excluding carboxylic acids is 1. The third kappa shape index (κ3) is 2.19. The Morgan fingerprint density at radius 2 is 2.26 bits per heavy atom. The molecular weight excluding hydrogens is 292 g/mol. The number of ether oxygens (including phenoxy) is 1. The average Bonchev–Trinajstić information content (AvgIpc) is 2.94. The van der Waals surface area contributed by atoms with Gasteiger partial charge in [-0.1, -0.05) is 6.07 Å². The zero-order valence-electron chi connectivity index (χ0n) is 12.6. The van der Waals surface area contributed by atoms with Crippen LogP contribution in [0.4, 0.5) is 0 Å². The van der Waals surface area contributed by atoms with Crippen molar-refractivity contribution in [3.8, 4) is 11.1 Å². The number of fused-ring (bicyclic) bond motifs is 2. The summed E-state index contributed by atoms with van der Waals surface area (Å²) in [5.74, 6) is -0.521. The normalized spacial score (nSPS) is 14.0. The first kappa shape index (κ1) is 13.9. The van der Waals surface area contributed by atoms with Crippen LogP contribution in [0.25, 0.3) is 22.0 Å². The maximum Gasteiger partial charge on any atom is 0.267 e. The second-order valence-corrected chi connectivity index (χ2v) is 5.57. The predicted octanol–water partition coefficient (Wildman–Crippen LogP) is 2.11. The Balaban J connectivity index is 1.93. The van der Waals surface area contributed by atoms with Gasteiger partial charge < -0.3 is 10.5 Å². The van der Waals surface area contributed by atoms with Crippen molar-refractivity contribution in [2.24, 2.45) is 5.73 Å². The molecule has 6 heteroatoms. The molecule has 3 heterocycles. The standard InChI is InChI=1S/C17H15N4O2/c1-9-12-6-10(2-3-15(12)21-20-9)13-7-19-16(17(18)22)11-4-5-23-8-14(11)13/h2-4,6-7H,5,8H2,1H3,(H2,18,22)(H,20,21). The van der Waals surface area contributed by atoms with Gasteiger partial charge in [0.2, 0.25) is 0 Å². The summed E-state index contributed by atoms with van der Waals surface area (Å²) in [5, 5.41) is 8.28. The van der Waals surface area contributed by atoms with Crippen molar-refractivity contribution >= 4 is 16.8 Å². The average molecular weight is 307 g/mol. The molecule has 0 unspecified atom stereocenters. The molecule has 0 atom stereocenters. The third-order valence-corrected chi connectivity index (χ3v) is 4.18. The van der Waals surface area contributed by atoms with Gasteiger partial charge in [0.05, 0.1) is 24.4 Å². The molecule has 0 fully saturated rings. The number of amides is 1. The summed E-state index contributed by atoms with van der Waals surface area (Å²) in [6.45, 7) is 2.86. The fourth-order valence-electron chi connectivity index (χ4n) is 3.00. The van der Waals surface area contributed by atoms with E-state index in [-0.39, 0.29) is 0 Å². The van der Waals surface area contributed by atoms with Gasteiger partial charge in [-0.3, -0.25) is 14.9 Å². The van der Waals surface area contributed by atoms with Gasteiger partial charge in [-0.2, -0.15) is 5.10 Å². The molecular formula is C17H15N4O2. The van der Waals surface area contributed by atoms with Crippen LogP contribution in [0, 0.1) is 13.3 Å². The Bertz CT molecular complexity index is 930. The lowest BCUT2D eigenvalue weighted by Gasteiger charge is -2.21. The van der Waals surface area contributed by atoms with Crippen LogP contribution in [0.15, 0.2) is 24.4 Å². The van der Waals surface area contributed by atoms with E-state index in [1.54, 1.807) is 6.20 Å². The number of nitrogens with one attached hydrogen (secondary N) is 1. The molecule has 0 saturated heterocycles. The number of primary amides is 1. The van der Waals surface area contributed by atoms with Crippen LogP contribution in [-0.4, -0.2) is 27.7 Å². The Morgan fingerprint density at radius 3 is 3.09 bits per heavy atom. The third-order valence-electron chi connectivity index (χ3n) is 4.18. The van der Waals surface area contributed by atoms with E-state index < -0.39 is 5.91 Å². The first-order chi connectivity index (χ1) is 11.1. The quantitative estimate of drug-likeness (QED) is 0.758. The fraction of sp³-hybridized carbons (Fsp3) is 0.176. The van der Waals surface area contributed by atoms with Crippen molar-refractivity contribution in [2.75, 3.05) is 6.61 Å². The number of nitrogens with two attached hydrogens (primary N) is 1. The number of carbonyl (C=O) groups is 1. The lowest BCUT2D eigenvalue weighted by molar-refractivity contribution is 0.0991. The number of aryl methyl sites for hydroxylation is 1. The molecule has 1 aliphatic heterocycles. The van der Waals surface area contributed by atoms with E-state index in [1.807, 2.05) is 25.5 Å². The molecule has 4 rings (SSSR count). The smallest absolute Gasteiger partial charge is 0.267 e. The first-order valence-corrected chi connectivity index (χ1v) is 7.33. The van der Waals surface area contributed by atoms with E-state index in [2.05, 4.69) is 21.2 Å². The molecule has 23 heavy (non-hydrogen) atoms. The van der Waals surface area contributed by atoms with Crippen molar-refractivity contribution in [3.05, 3.63) is 53.3 Å². The summed E-state index contributed by atoms with van der Waals surface area (Å²) >= 11 is 0. The summed E-state index contributed by atoms with van der Waals surface area (Å²) in [4.78, 5) is 15.9. The number of benzene rings is 1. The van der Waals surface area contributed by atoms with Gasteiger partial charge in [0.1, 0.15) is 5.69 Å². The topological polar surface area (TPSA) is 93.9 Å². The SMILES string of the molecule is Cc1n[nH]c2ccc(-c3cnc(C(N)=O)c4c3COC[CH]4)cc12. The molecule has 0 aliphatic carbocycles. The molecule has 1 aromatic carbocycles. The van der Waals surface area contributed by atoms with Crippen LogP contribution in [-0.2, 0) is 11.3 Å². The molecule has 0 spiro atoms. The largest absolute Gasteiger partial charge is 0.376 e. The van der Waals surface area contributed by atoms with E-state index in [1.165, 1.54) is 0 Å². The van der Waals surface area contributed by atoms with Crippen LogP contribution in [0.3, 0.4) is 0 Å². The Morgan fingerprint density at radius 1 is 1.39 bits per heavy atom. The number of nitrogens with zero attached hydrogens (tertiary/aromatic N) is 2. The minimum absolute atomic E-state index is 0.299. The number of aromatic nitrogens is 3. The van der Waals surface area contributed by atoms with E-state index in [0.717, 1.165) is 38.9 Å². The Labute approximate surface area is 132 Å². The lowest BCUT2D eigenvalue weighted by Crippen LogP contribution is -2.21. The van der Waals surface area contributed by atoms with E-state index >= 15 is 0 Å². The molecule has 1 aliphatic rings. The summed E-state index contributed by atoms with van der Waals surface area (Å²) < 4.78 is 5.54. The molecule has 6 nitrogen and oxygen atoms in total. The molecule has 115 valence electrons. The van der Waals surface area contributed by atoms with Gasteiger partial charge in [0.15, 0.2) is 0 Å². The maximum atomic E-state index is 11.6. The van der Waals surface area contributed by atoms with Gasteiger partial charge in [-0.15, -0.1) is 0 Å². The number of aromatic amines is 1. The second kappa shape index (κ2) is 5.17. The van der Waals surface area contributed by atoms with E-state index in [4.69, 9.17) is 10.5 Å². The number of hydrogen-bond acceptors (Lipinski definition) is 4. The highest BCUT2D eigenvalue weighted by molar-refractivity contribution is 5.94. The van der Waals surface area contributed by atoms with Gasteiger partial charge in [0.25, 0.3) is 5.91 Å². The van der Waals surface area contributed by atoms with Gasteiger partial charge in [-0.25, -0.2) is 0 Å². The number of pyridine rings is 1. The molecule has 2 aromatic heterocycles. The van der Waals surface area contributed by atoms with Gasteiger partial charge in [0, 0.05) is 23.6 Å².